The molecule has 15 heavy (non-hydrogen) atoms. The molecular weight excluding hydrogens is 206 g/mol. The molecule has 0 atom stereocenters. The number of rotatable bonds is 5. The average molecular weight is 223 g/mol. The topological polar surface area (TPSA) is 21.3 Å². The van der Waals surface area contributed by atoms with E-state index in [2.05, 4.69) is 23.7 Å². The molecule has 0 saturated carbocycles. The van der Waals surface area contributed by atoms with Crippen molar-refractivity contribution in [2.45, 2.75) is 11.3 Å². The number of hydrogen-bond donors (Lipinski definition) is 1. The van der Waals surface area contributed by atoms with Gasteiger partial charge in [-0.3, -0.25) is 0 Å². The van der Waals surface area contributed by atoms with Crippen molar-refractivity contribution in [2.75, 3.05) is 26.0 Å². The monoisotopic (exact) mass is 223 g/mol. The van der Waals surface area contributed by atoms with Gasteiger partial charge in [0.05, 0.1) is 6.61 Å². The molecule has 1 heterocycles. The fourth-order valence-electron chi connectivity index (χ4n) is 1.63. The van der Waals surface area contributed by atoms with Gasteiger partial charge in [-0.05, 0) is 43.8 Å². The Morgan fingerprint density at radius 3 is 2.87 bits per heavy atom. The number of nitrogens with one attached hydrogen (secondary N) is 1. The SMILES string of the molecule is CSc1ccccc1OCCC1CNC1. The number of benzene rings is 1. The largest absolute Gasteiger partial charge is 0.492 e. The predicted molar refractivity (Wildman–Crippen MR) is 64.7 cm³/mol. The summed E-state index contributed by atoms with van der Waals surface area (Å²) in [4.78, 5) is 1.23. The molecule has 0 unspecified atom stereocenters. The maximum absolute atomic E-state index is 5.79. The van der Waals surface area contributed by atoms with Crippen LogP contribution in [0, 0.1) is 5.92 Å². The molecule has 1 aliphatic rings. The van der Waals surface area contributed by atoms with Crippen molar-refractivity contribution in [3.63, 3.8) is 0 Å². The Morgan fingerprint density at radius 2 is 2.20 bits per heavy atom. The molecule has 0 aliphatic carbocycles. The van der Waals surface area contributed by atoms with Crippen molar-refractivity contribution >= 4 is 11.8 Å². The molecule has 2 nitrogen and oxygen atoms in total. The van der Waals surface area contributed by atoms with Crippen LogP contribution < -0.4 is 10.1 Å². The minimum absolute atomic E-state index is 0.825. The first kappa shape index (κ1) is 10.8. The zero-order valence-corrected chi connectivity index (χ0v) is 9.85. The molecule has 0 spiro atoms. The highest BCUT2D eigenvalue weighted by atomic mass is 32.2. The molecule has 3 heteroatoms. The fraction of sp³-hybridized carbons (Fsp3) is 0.500. The lowest BCUT2D eigenvalue weighted by atomic mass is 10.0. The number of hydrogen-bond acceptors (Lipinski definition) is 3. The number of ether oxygens (including phenoxy) is 1. The zero-order chi connectivity index (χ0) is 10.5. The van der Waals surface area contributed by atoms with Gasteiger partial charge in [0.1, 0.15) is 5.75 Å². The van der Waals surface area contributed by atoms with Gasteiger partial charge in [0, 0.05) is 4.90 Å². The van der Waals surface area contributed by atoms with E-state index in [1.54, 1.807) is 11.8 Å². The molecule has 1 aliphatic heterocycles. The first-order valence-corrected chi connectivity index (χ1v) is 6.59. The van der Waals surface area contributed by atoms with E-state index in [0.717, 1.165) is 37.8 Å². The molecule has 0 amide bonds. The summed E-state index contributed by atoms with van der Waals surface area (Å²) in [6, 6.07) is 8.23. The van der Waals surface area contributed by atoms with Crippen molar-refractivity contribution in [3.8, 4) is 5.75 Å². The summed E-state index contributed by atoms with van der Waals surface area (Å²) in [5.41, 5.74) is 0. The third-order valence-electron chi connectivity index (χ3n) is 2.72. The molecule has 1 N–H and O–H groups in total. The lowest BCUT2D eigenvalue weighted by Gasteiger charge is -2.26. The summed E-state index contributed by atoms with van der Waals surface area (Å²) in [6.07, 6.45) is 3.24. The van der Waals surface area contributed by atoms with Crippen LogP contribution in [0.2, 0.25) is 0 Å². The second kappa shape index (κ2) is 5.42. The standard InChI is InChI=1S/C12H17NOS/c1-15-12-5-3-2-4-11(12)14-7-6-10-8-13-9-10/h2-5,10,13H,6-9H2,1H3. The van der Waals surface area contributed by atoms with Crippen molar-refractivity contribution in [1.29, 1.82) is 0 Å². The van der Waals surface area contributed by atoms with Crippen LogP contribution in [0.3, 0.4) is 0 Å². The smallest absolute Gasteiger partial charge is 0.132 e. The number of thioether (sulfide) groups is 1. The molecule has 1 aromatic rings. The Bertz CT molecular complexity index is 312. The number of para-hydroxylation sites is 1. The Morgan fingerprint density at radius 1 is 1.40 bits per heavy atom. The summed E-state index contributed by atoms with van der Waals surface area (Å²) in [5, 5.41) is 3.27. The van der Waals surface area contributed by atoms with Gasteiger partial charge in [0.15, 0.2) is 0 Å². The van der Waals surface area contributed by atoms with Crippen LogP contribution in [0.4, 0.5) is 0 Å². The van der Waals surface area contributed by atoms with Gasteiger partial charge in [0.25, 0.3) is 0 Å². The van der Waals surface area contributed by atoms with E-state index in [9.17, 15) is 0 Å². The lowest BCUT2D eigenvalue weighted by molar-refractivity contribution is 0.235. The van der Waals surface area contributed by atoms with Crippen LogP contribution in [-0.4, -0.2) is 26.0 Å². The molecule has 1 aromatic carbocycles. The predicted octanol–water partition coefficient (Wildman–Crippen LogP) is 2.40. The van der Waals surface area contributed by atoms with Crippen LogP contribution in [0.25, 0.3) is 0 Å². The molecule has 1 saturated heterocycles. The van der Waals surface area contributed by atoms with Crippen LogP contribution in [0.1, 0.15) is 6.42 Å². The third kappa shape index (κ3) is 2.89. The van der Waals surface area contributed by atoms with Crippen molar-refractivity contribution < 1.29 is 4.74 Å². The quantitative estimate of drug-likeness (QED) is 0.775. The third-order valence-corrected chi connectivity index (χ3v) is 3.50. The summed E-state index contributed by atoms with van der Waals surface area (Å²) < 4.78 is 5.79. The molecule has 0 bridgehead atoms. The van der Waals surface area contributed by atoms with Crippen LogP contribution in [0.15, 0.2) is 29.2 Å². The molecule has 2 rings (SSSR count). The van der Waals surface area contributed by atoms with Gasteiger partial charge in [-0.1, -0.05) is 12.1 Å². The van der Waals surface area contributed by atoms with Crippen molar-refractivity contribution in [2.24, 2.45) is 5.92 Å². The highest BCUT2D eigenvalue weighted by Crippen LogP contribution is 2.27. The summed E-state index contributed by atoms with van der Waals surface area (Å²) >= 11 is 1.74. The van der Waals surface area contributed by atoms with E-state index in [4.69, 9.17) is 4.74 Å². The maximum Gasteiger partial charge on any atom is 0.132 e. The molecule has 1 fully saturated rings. The summed E-state index contributed by atoms with van der Waals surface area (Å²) in [5.74, 6) is 1.85. The van der Waals surface area contributed by atoms with Crippen molar-refractivity contribution in [3.05, 3.63) is 24.3 Å². The van der Waals surface area contributed by atoms with Gasteiger partial charge in [-0.2, -0.15) is 0 Å². The second-order valence-electron chi connectivity index (χ2n) is 3.81. The Kier molecular flexibility index (Phi) is 3.92. The normalized spacial score (nSPS) is 16.1. The lowest BCUT2D eigenvalue weighted by Crippen LogP contribution is -2.42. The van der Waals surface area contributed by atoms with E-state index in [1.807, 2.05) is 12.1 Å². The van der Waals surface area contributed by atoms with Gasteiger partial charge in [-0.25, -0.2) is 0 Å². The van der Waals surface area contributed by atoms with Gasteiger partial charge in [0.2, 0.25) is 0 Å². The Hall–Kier alpha value is -0.670. The van der Waals surface area contributed by atoms with Gasteiger partial charge < -0.3 is 10.1 Å². The molecule has 0 aromatic heterocycles. The van der Waals surface area contributed by atoms with Gasteiger partial charge >= 0.3 is 0 Å². The Balaban J connectivity index is 1.81. The van der Waals surface area contributed by atoms with Gasteiger partial charge in [-0.15, -0.1) is 11.8 Å². The van der Waals surface area contributed by atoms with Crippen molar-refractivity contribution in [1.82, 2.24) is 5.32 Å². The molecule has 82 valence electrons. The van der Waals surface area contributed by atoms with Crippen LogP contribution in [-0.2, 0) is 0 Å². The zero-order valence-electron chi connectivity index (χ0n) is 9.03. The van der Waals surface area contributed by atoms with E-state index in [1.165, 1.54) is 4.90 Å². The van der Waals surface area contributed by atoms with E-state index < -0.39 is 0 Å². The second-order valence-corrected chi connectivity index (χ2v) is 4.66. The first-order valence-electron chi connectivity index (χ1n) is 5.36. The Labute approximate surface area is 95.4 Å². The molecular formula is C12H17NOS. The van der Waals surface area contributed by atoms with E-state index in [0.29, 0.717) is 0 Å². The molecule has 0 radical (unpaired) electrons. The highest BCUT2D eigenvalue weighted by Gasteiger charge is 2.16. The van der Waals surface area contributed by atoms with E-state index in [-0.39, 0.29) is 0 Å². The first-order chi connectivity index (χ1) is 7.40. The highest BCUT2D eigenvalue weighted by molar-refractivity contribution is 7.98. The maximum atomic E-state index is 5.79. The van der Waals surface area contributed by atoms with Crippen LogP contribution >= 0.6 is 11.8 Å². The minimum Gasteiger partial charge on any atom is -0.492 e. The average Bonchev–Trinajstić information content (AvgIpc) is 2.22. The van der Waals surface area contributed by atoms with Crippen LogP contribution in [0.5, 0.6) is 5.75 Å². The minimum atomic E-state index is 0.825. The van der Waals surface area contributed by atoms with E-state index >= 15 is 0 Å². The summed E-state index contributed by atoms with van der Waals surface area (Å²) in [6.45, 7) is 3.16. The summed E-state index contributed by atoms with van der Waals surface area (Å²) in [7, 11) is 0. The fourth-order valence-corrected chi connectivity index (χ4v) is 2.17.